The number of hydrogen-bond donors (Lipinski definition) is 1. The molecule has 0 aliphatic carbocycles. The summed E-state index contributed by atoms with van der Waals surface area (Å²) < 4.78 is 0. The lowest BCUT2D eigenvalue weighted by molar-refractivity contribution is 0.0950. The Balaban J connectivity index is 2.02. The van der Waals surface area contributed by atoms with Crippen LogP contribution >= 0.6 is 0 Å². The van der Waals surface area contributed by atoms with Gasteiger partial charge in [-0.2, -0.15) is 5.26 Å². The minimum absolute atomic E-state index is 0.0823. The van der Waals surface area contributed by atoms with E-state index in [0.717, 1.165) is 16.7 Å². The van der Waals surface area contributed by atoms with Gasteiger partial charge in [-0.15, -0.1) is 0 Å². The van der Waals surface area contributed by atoms with Crippen molar-refractivity contribution in [3.63, 3.8) is 0 Å². The number of amides is 1. The quantitative estimate of drug-likeness (QED) is 0.926. The lowest BCUT2D eigenvalue weighted by Gasteiger charge is -2.07. The fourth-order valence-electron chi connectivity index (χ4n) is 2.09. The van der Waals surface area contributed by atoms with Crippen LogP contribution in [-0.4, -0.2) is 5.91 Å². The summed E-state index contributed by atoms with van der Waals surface area (Å²) in [5, 5.41) is 11.6. The maximum absolute atomic E-state index is 12.1. The number of nitriles is 1. The third-order valence-electron chi connectivity index (χ3n) is 3.02. The van der Waals surface area contributed by atoms with Gasteiger partial charge in [-0.1, -0.05) is 29.3 Å². The third kappa shape index (κ3) is 3.46. The average molecular weight is 264 g/mol. The lowest BCUT2D eigenvalue weighted by Crippen LogP contribution is -2.22. The Morgan fingerprint density at radius 3 is 2.25 bits per heavy atom. The van der Waals surface area contributed by atoms with Crippen LogP contribution in [0.1, 0.15) is 32.6 Å². The van der Waals surface area contributed by atoms with Gasteiger partial charge < -0.3 is 5.32 Å². The fourth-order valence-corrected chi connectivity index (χ4v) is 2.09. The highest BCUT2D eigenvalue weighted by atomic mass is 16.1. The van der Waals surface area contributed by atoms with Crippen LogP contribution in [0, 0.1) is 25.2 Å². The minimum Gasteiger partial charge on any atom is -0.348 e. The summed E-state index contributed by atoms with van der Waals surface area (Å²) in [6, 6.07) is 15.1. The van der Waals surface area contributed by atoms with Crippen molar-refractivity contribution in [1.82, 2.24) is 5.32 Å². The van der Waals surface area contributed by atoms with Gasteiger partial charge in [0.25, 0.3) is 5.91 Å². The molecule has 0 fully saturated rings. The molecule has 0 aliphatic heterocycles. The second-order valence-corrected chi connectivity index (χ2v) is 4.87. The second kappa shape index (κ2) is 6.03. The summed E-state index contributed by atoms with van der Waals surface area (Å²) in [7, 11) is 0. The minimum atomic E-state index is -0.0823. The van der Waals surface area contributed by atoms with E-state index in [-0.39, 0.29) is 5.91 Å². The number of rotatable bonds is 3. The van der Waals surface area contributed by atoms with E-state index in [1.165, 1.54) is 0 Å². The first-order valence-corrected chi connectivity index (χ1v) is 6.44. The topological polar surface area (TPSA) is 52.9 Å². The largest absolute Gasteiger partial charge is 0.348 e. The standard InChI is InChI=1S/C17H16N2O/c1-12-7-13(2)9-16(8-12)17(20)19-11-15-5-3-14(10-18)4-6-15/h3-9H,11H2,1-2H3,(H,19,20). The SMILES string of the molecule is Cc1cc(C)cc(C(=O)NCc2ccc(C#N)cc2)c1. The molecule has 1 N–H and O–H groups in total. The number of aryl methyl sites for hydroxylation is 2. The van der Waals surface area contributed by atoms with E-state index in [4.69, 9.17) is 5.26 Å². The highest BCUT2D eigenvalue weighted by Crippen LogP contribution is 2.09. The van der Waals surface area contributed by atoms with Crippen molar-refractivity contribution < 1.29 is 4.79 Å². The molecule has 0 heterocycles. The molecule has 0 saturated heterocycles. The number of benzene rings is 2. The predicted molar refractivity (Wildman–Crippen MR) is 78.2 cm³/mol. The van der Waals surface area contributed by atoms with E-state index in [2.05, 4.69) is 11.4 Å². The Bertz CT molecular complexity index is 646. The Kier molecular flexibility index (Phi) is 4.17. The molecule has 0 radical (unpaired) electrons. The molecule has 0 spiro atoms. The monoisotopic (exact) mass is 264 g/mol. The summed E-state index contributed by atoms with van der Waals surface area (Å²) in [6.07, 6.45) is 0. The molecule has 3 nitrogen and oxygen atoms in total. The van der Waals surface area contributed by atoms with E-state index in [1.54, 1.807) is 12.1 Å². The normalized spacial score (nSPS) is 9.85. The van der Waals surface area contributed by atoms with Crippen LogP contribution in [0.15, 0.2) is 42.5 Å². The van der Waals surface area contributed by atoms with Gasteiger partial charge in [0, 0.05) is 12.1 Å². The van der Waals surface area contributed by atoms with Gasteiger partial charge in [0.1, 0.15) is 0 Å². The molecule has 3 heteroatoms. The zero-order chi connectivity index (χ0) is 14.5. The van der Waals surface area contributed by atoms with Crippen molar-refractivity contribution in [3.8, 4) is 6.07 Å². The fraction of sp³-hybridized carbons (Fsp3) is 0.176. The summed E-state index contributed by atoms with van der Waals surface area (Å²) >= 11 is 0. The van der Waals surface area contributed by atoms with Crippen LogP contribution in [0.25, 0.3) is 0 Å². The highest BCUT2D eigenvalue weighted by molar-refractivity contribution is 5.94. The van der Waals surface area contributed by atoms with Crippen molar-refractivity contribution in [1.29, 1.82) is 5.26 Å². The third-order valence-corrected chi connectivity index (χ3v) is 3.02. The van der Waals surface area contributed by atoms with Crippen LogP contribution < -0.4 is 5.32 Å². The summed E-state index contributed by atoms with van der Waals surface area (Å²) in [4.78, 5) is 12.1. The van der Waals surface area contributed by atoms with E-state index >= 15 is 0 Å². The van der Waals surface area contributed by atoms with Crippen LogP contribution in [-0.2, 0) is 6.54 Å². The van der Waals surface area contributed by atoms with E-state index in [0.29, 0.717) is 17.7 Å². The molecule has 2 aromatic rings. The predicted octanol–water partition coefficient (Wildman–Crippen LogP) is 3.11. The molecule has 20 heavy (non-hydrogen) atoms. The molecule has 1 amide bonds. The Labute approximate surface area is 118 Å². The van der Waals surface area contributed by atoms with Crippen LogP contribution in [0.2, 0.25) is 0 Å². The molecule has 0 aromatic heterocycles. The Morgan fingerprint density at radius 1 is 1.10 bits per heavy atom. The molecule has 2 aromatic carbocycles. The number of hydrogen-bond acceptors (Lipinski definition) is 2. The first-order valence-electron chi connectivity index (χ1n) is 6.44. The van der Waals surface area contributed by atoms with E-state index in [1.807, 2.05) is 44.2 Å². The maximum atomic E-state index is 12.1. The van der Waals surface area contributed by atoms with Gasteiger partial charge in [-0.25, -0.2) is 0 Å². The molecule has 0 saturated carbocycles. The first kappa shape index (κ1) is 13.8. The van der Waals surface area contributed by atoms with Crippen LogP contribution in [0.3, 0.4) is 0 Å². The number of carbonyl (C=O) groups is 1. The van der Waals surface area contributed by atoms with Crippen LogP contribution in [0.4, 0.5) is 0 Å². The van der Waals surface area contributed by atoms with Gasteiger partial charge in [0.2, 0.25) is 0 Å². The van der Waals surface area contributed by atoms with Gasteiger partial charge >= 0.3 is 0 Å². The number of carbonyl (C=O) groups excluding carboxylic acids is 1. The van der Waals surface area contributed by atoms with E-state index < -0.39 is 0 Å². The Hall–Kier alpha value is -2.60. The second-order valence-electron chi connectivity index (χ2n) is 4.87. The molecular weight excluding hydrogens is 248 g/mol. The van der Waals surface area contributed by atoms with Crippen LogP contribution in [0.5, 0.6) is 0 Å². The molecule has 2 rings (SSSR count). The maximum Gasteiger partial charge on any atom is 0.251 e. The molecular formula is C17H16N2O. The van der Waals surface area contributed by atoms with Gasteiger partial charge in [0.05, 0.1) is 11.6 Å². The molecule has 0 atom stereocenters. The molecule has 100 valence electrons. The van der Waals surface area contributed by atoms with Gasteiger partial charge in [0.15, 0.2) is 0 Å². The zero-order valence-corrected chi connectivity index (χ0v) is 11.6. The van der Waals surface area contributed by atoms with Gasteiger partial charge in [-0.05, 0) is 43.7 Å². The highest BCUT2D eigenvalue weighted by Gasteiger charge is 2.06. The molecule has 0 aliphatic rings. The first-order chi connectivity index (χ1) is 9.58. The average Bonchev–Trinajstić information content (AvgIpc) is 2.44. The molecule has 0 unspecified atom stereocenters. The van der Waals surface area contributed by atoms with Crippen molar-refractivity contribution in [2.24, 2.45) is 0 Å². The molecule has 0 bridgehead atoms. The van der Waals surface area contributed by atoms with Crippen molar-refractivity contribution in [2.75, 3.05) is 0 Å². The van der Waals surface area contributed by atoms with Crippen molar-refractivity contribution in [2.45, 2.75) is 20.4 Å². The Morgan fingerprint density at radius 2 is 1.70 bits per heavy atom. The van der Waals surface area contributed by atoms with Gasteiger partial charge in [-0.3, -0.25) is 4.79 Å². The summed E-state index contributed by atoms with van der Waals surface area (Å²) in [5.74, 6) is -0.0823. The lowest BCUT2D eigenvalue weighted by atomic mass is 10.1. The van der Waals surface area contributed by atoms with Crippen molar-refractivity contribution in [3.05, 3.63) is 70.3 Å². The zero-order valence-electron chi connectivity index (χ0n) is 11.6. The van der Waals surface area contributed by atoms with Crippen molar-refractivity contribution >= 4 is 5.91 Å². The smallest absolute Gasteiger partial charge is 0.251 e. The summed E-state index contributed by atoms with van der Waals surface area (Å²) in [5.41, 5.74) is 4.43. The summed E-state index contributed by atoms with van der Waals surface area (Å²) in [6.45, 7) is 4.41. The number of nitrogens with one attached hydrogen (secondary N) is 1. The van der Waals surface area contributed by atoms with E-state index in [9.17, 15) is 4.79 Å². The number of nitrogens with zero attached hydrogens (tertiary/aromatic N) is 1.